The molecule has 2 aliphatic heterocycles. The minimum absolute atomic E-state index is 0.148. The fourth-order valence-corrected chi connectivity index (χ4v) is 4.84. The number of amides is 1. The number of nitrogens with zero attached hydrogens (tertiary/aromatic N) is 2. The highest BCUT2D eigenvalue weighted by Crippen LogP contribution is 2.46. The summed E-state index contributed by atoms with van der Waals surface area (Å²) in [4.78, 5) is 19.3. The summed E-state index contributed by atoms with van der Waals surface area (Å²) >= 11 is 0. The van der Waals surface area contributed by atoms with Crippen LogP contribution in [0.3, 0.4) is 0 Å². The van der Waals surface area contributed by atoms with Crippen molar-refractivity contribution in [1.29, 1.82) is 0 Å². The summed E-state index contributed by atoms with van der Waals surface area (Å²) in [6.45, 7) is 2.96. The molecule has 0 bridgehead atoms. The molecule has 1 amide bonds. The molecule has 29 heavy (non-hydrogen) atoms. The van der Waals surface area contributed by atoms with Gasteiger partial charge in [-0.15, -0.1) is 0 Å². The quantitative estimate of drug-likeness (QED) is 0.845. The Morgan fingerprint density at radius 3 is 2.76 bits per heavy atom. The molecule has 0 unspecified atom stereocenters. The largest absolute Gasteiger partial charge is 0.487 e. The van der Waals surface area contributed by atoms with Crippen LogP contribution in [0.5, 0.6) is 5.75 Å². The highest BCUT2D eigenvalue weighted by Gasteiger charge is 2.43. The number of hydrogen-bond acceptors (Lipinski definition) is 4. The number of fused-ring (bicyclic) bond motifs is 1. The second kappa shape index (κ2) is 7.79. The lowest BCUT2D eigenvalue weighted by atomic mass is 9.76. The number of piperidine rings is 1. The first kappa shape index (κ1) is 18.6. The van der Waals surface area contributed by atoms with E-state index in [9.17, 15) is 4.79 Å². The van der Waals surface area contributed by atoms with Crippen LogP contribution in [0, 0.1) is 0 Å². The molecule has 5 heteroatoms. The Kier molecular flexibility index (Phi) is 5.00. The molecule has 5 nitrogen and oxygen atoms in total. The van der Waals surface area contributed by atoms with E-state index < -0.39 is 0 Å². The van der Waals surface area contributed by atoms with E-state index in [0.29, 0.717) is 12.5 Å². The molecule has 0 radical (unpaired) electrons. The predicted octanol–water partition coefficient (Wildman–Crippen LogP) is 3.65. The maximum absolute atomic E-state index is 12.5. The van der Waals surface area contributed by atoms with Crippen LogP contribution in [0.2, 0.25) is 0 Å². The summed E-state index contributed by atoms with van der Waals surface area (Å²) in [7, 11) is 0. The maximum Gasteiger partial charge on any atom is 0.220 e. The summed E-state index contributed by atoms with van der Waals surface area (Å²) in [6.07, 6.45) is 9.54. The molecule has 5 rings (SSSR count). The van der Waals surface area contributed by atoms with E-state index in [-0.39, 0.29) is 17.4 Å². The van der Waals surface area contributed by atoms with Gasteiger partial charge in [-0.25, -0.2) is 0 Å². The molecular weight excluding hydrogens is 362 g/mol. The minimum atomic E-state index is -0.148. The third kappa shape index (κ3) is 4.30. The molecule has 1 N–H and O–H groups in total. The third-order valence-electron chi connectivity index (χ3n) is 6.57. The van der Waals surface area contributed by atoms with E-state index in [1.807, 2.05) is 24.5 Å². The lowest BCUT2D eigenvalue weighted by Gasteiger charge is -2.47. The summed E-state index contributed by atoms with van der Waals surface area (Å²) in [6, 6.07) is 12.9. The van der Waals surface area contributed by atoms with Gasteiger partial charge in [0.2, 0.25) is 5.91 Å². The molecule has 2 aromatic rings. The van der Waals surface area contributed by atoms with Gasteiger partial charge in [0.1, 0.15) is 11.4 Å². The van der Waals surface area contributed by atoms with Crippen LogP contribution >= 0.6 is 0 Å². The van der Waals surface area contributed by atoms with Crippen molar-refractivity contribution in [3.63, 3.8) is 0 Å². The fourth-order valence-electron chi connectivity index (χ4n) is 4.84. The lowest BCUT2D eigenvalue weighted by Crippen LogP contribution is -2.50. The molecule has 1 atom stereocenters. The summed E-state index contributed by atoms with van der Waals surface area (Å²) in [5.74, 6) is 1.41. The van der Waals surface area contributed by atoms with Crippen LogP contribution in [0.25, 0.3) is 0 Å². The molecule has 152 valence electrons. The Balaban J connectivity index is 1.27. The van der Waals surface area contributed by atoms with Crippen molar-refractivity contribution in [3.05, 3.63) is 59.9 Å². The molecule has 3 heterocycles. The van der Waals surface area contributed by atoms with Gasteiger partial charge in [0.25, 0.3) is 0 Å². The number of aromatic nitrogens is 1. The molecular formula is C24H29N3O2. The van der Waals surface area contributed by atoms with Crippen LogP contribution in [-0.2, 0) is 11.3 Å². The van der Waals surface area contributed by atoms with E-state index in [2.05, 4.69) is 39.5 Å². The Morgan fingerprint density at radius 1 is 1.17 bits per heavy atom. The van der Waals surface area contributed by atoms with Crippen LogP contribution in [0.1, 0.15) is 55.6 Å². The van der Waals surface area contributed by atoms with Gasteiger partial charge >= 0.3 is 0 Å². The van der Waals surface area contributed by atoms with Gasteiger partial charge in [0, 0.05) is 50.4 Å². The van der Waals surface area contributed by atoms with Crippen molar-refractivity contribution < 1.29 is 9.53 Å². The molecule has 1 saturated carbocycles. The van der Waals surface area contributed by atoms with E-state index in [4.69, 9.17) is 4.74 Å². The third-order valence-corrected chi connectivity index (χ3v) is 6.57. The Hall–Kier alpha value is -2.40. The zero-order chi connectivity index (χ0) is 19.7. The number of carbonyl (C=O) groups excluding carboxylic acids is 1. The number of pyridine rings is 1. The van der Waals surface area contributed by atoms with Crippen molar-refractivity contribution in [2.45, 2.75) is 62.6 Å². The Bertz CT molecular complexity index is 857. The first-order valence-corrected chi connectivity index (χ1v) is 10.9. The molecule has 2 fully saturated rings. The van der Waals surface area contributed by atoms with Crippen LogP contribution < -0.4 is 10.1 Å². The fraction of sp³-hybridized carbons (Fsp3) is 0.500. The lowest BCUT2D eigenvalue weighted by molar-refractivity contribution is -0.122. The Morgan fingerprint density at radius 2 is 2.00 bits per heavy atom. The van der Waals surface area contributed by atoms with Crippen molar-refractivity contribution in [2.24, 2.45) is 0 Å². The summed E-state index contributed by atoms with van der Waals surface area (Å²) in [5, 5.41) is 3.16. The van der Waals surface area contributed by atoms with Gasteiger partial charge in [-0.05, 0) is 55.4 Å². The number of para-hydroxylation sites is 1. The van der Waals surface area contributed by atoms with Crippen molar-refractivity contribution >= 4 is 5.91 Å². The molecule has 1 saturated heterocycles. The highest BCUT2D eigenvalue weighted by molar-refractivity contribution is 5.77. The first-order valence-electron chi connectivity index (χ1n) is 10.9. The molecule has 3 aliphatic rings. The number of nitrogens with one attached hydrogen (secondary N) is 1. The van der Waals surface area contributed by atoms with Crippen molar-refractivity contribution in [2.75, 3.05) is 13.1 Å². The number of benzene rings is 1. The maximum atomic E-state index is 12.5. The van der Waals surface area contributed by atoms with Crippen LogP contribution in [0.4, 0.5) is 0 Å². The molecule has 1 aliphatic carbocycles. The minimum Gasteiger partial charge on any atom is -0.487 e. The number of carbonyl (C=O) groups is 1. The molecule has 1 aromatic heterocycles. The average molecular weight is 392 g/mol. The second-order valence-electron chi connectivity index (χ2n) is 8.91. The van der Waals surface area contributed by atoms with E-state index in [1.165, 1.54) is 11.1 Å². The van der Waals surface area contributed by atoms with Gasteiger partial charge in [-0.1, -0.05) is 24.3 Å². The van der Waals surface area contributed by atoms with Gasteiger partial charge in [0.05, 0.1) is 0 Å². The van der Waals surface area contributed by atoms with E-state index >= 15 is 0 Å². The van der Waals surface area contributed by atoms with E-state index in [0.717, 1.165) is 57.5 Å². The normalized spacial score (nSPS) is 23.2. The van der Waals surface area contributed by atoms with Crippen LogP contribution in [0.15, 0.2) is 48.8 Å². The summed E-state index contributed by atoms with van der Waals surface area (Å²) in [5.41, 5.74) is 2.31. The second-order valence-corrected chi connectivity index (χ2v) is 8.91. The zero-order valence-corrected chi connectivity index (χ0v) is 16.8. The average Bonchev–Trinajstić information content (AvgIpc) is 3.55. The molecule has 1 spiro atoms. The van der Waals surface area contributed by atoms with Crippen molar-refractivity contribution in [3.8, 4) is 5.75 Å². The standard InChI is InChI=1S/C24H29N3O2/c28-23(26-20-7-8-20)14-19-15-24(29-22-6-2-1-5-21(19)22)9-12-27(13-10-24)17-18-4-3-11-25-16-18/h1-6,11,16,19-20H,7-10,12-15,17H2,(H,26,28)/t19-/m0/s1. The smallest absolute Gasteiger partial charge is 0.220 e. The van der Waals surface area contributed by atoms with Crippen molar-refractivity contribution in [1.82, 2.24) is 15.2 Å². The monoisotopic (exact) mass is 391 g/mol. The Labute approximate surface area is 172 Å². The molecule has 1 aromatic carbocycles. The van der Waals surface area contributed by atoms with Gasteiger partial charge in [-0.2, -0.15) is 0 Å². The zero-order valence-electron chi connectivity index (χ0n) is 16.8. The van der Waals surface area contributed by atoms with Crippen LogP contribution in [-0.4, -0.2) is 40.5 Å². The number of rotatable bonds is 5. The van der Waals surface area contributed by atoms with Gasteiger partial charge < -0.3 is 10.1 Å². The SMILES string of the molecule is O=C(C[C@H]1CC2(CCN(Cc3cccnc3)CC2)Oc2ccccc21)NC1CC1. The predicted molar refractivity (Wildman–Crippen MR) is 112 cm³/mol. The number of hydrogen-bond donors (Lipinski definition) is 1. The van der Waals surface area contributed by atoms with Gasteiger partial charge in [-0.3, -0.25) is 14.7 Å². The first-order chi connectivity index (χ1) is 14.2. The topological polar surface area (TPSA) is 54.5 Å². The highest BCUT2D eigenvalue weighted by atomic mass is 16.5. The van der Waals surface area contributed by atoms with Gasteiger partial charge in [0.15, 0.2) is 0 Å². The number of likely N-dealkylation sites (tertiary alicyclic amines) is 1. The number of ether oxygens (including phenoxy) is 1. The van der Waals surface area contributed by atoms with E-state index in [1.54, 1.807) is 0 Å². The summed E-state index contributed by atoms with van der Waals surface area (Å²) < 4.78 is 6.59.